The number of nitrogens with zero attached hydrogens (tertiary/aromatic N) is 5. The maximum absolute atomic E-state index is 5.10. The van der Waals surface area contributed by atoms with Crippen molar-refractivity contribution in [1.82, 2.24) is 23.8 Å². The lowest BCUT2D eigenvalue weighted by atomic mass is 9.93. The van der Waals surface area contributed by atoms with Crippen LogP contribution in [0.1, 0.15) is 18.2 Å². The van der Waals surface area contributed by atoms with Crippen molar-refractivity contribution in [3.05, 3.63) is 131 Å². The summed E-state index contributed by atoms with van der Waals surface area (Å²) in [5.74, 6) is 2.50. The van der Waals surface area contributed by atoms with Crippen molar-refractivity contribution >= 4 is 92.7 Å². The number of benzene rings is 5. The zero-order valence-electron chi connectivity index (χ0n) is 27.5. The van der Waals surface area contributed by atoms with Gasteiger partial charge in [0.15, 0.2) is 17.5 Å². The third-order valence-electron chi connectivity index (χ3n) is 10.8. The minimum Gasteiger partial charge on any atom is -0.306 e. The summed E-state index contributed by atoms with van der Waals surface area (Å²) in [4.78, 5) is 15.1. The summed E-state index contributed by atoms with van der Waals surface area (Å²) in [5, 5.41) is 11.3. The maximum atomic E-state index is 5.10. The van der Waals surface area contributed by atoms with Crippen LogP contribution in [0.15, 0.2) is 120 Å². The largest absolute Gasteiger partial charge is 0.306 e. The summed E-state index contributed by atoms with van der Waals surface area (Å²) in [6, 6.07) is 36.5. The van der Waals surface area contributed by atoms with E-state index in [0.29, 0.717) is 23.4 Å². The molecule has 0 bridgehead atoms. The van der Waals surface area contributed by atoms with E-state index in [-0.39, 0.29) is 0 Å². The first kappa shape index (κ1) is 27.9. The Hall–Kier alpha value is -5.89. The monoisotopic (exact) mass is 689 g/mol. The molecule has 240 valence electrons. The highest BCUT2D eigenvalue weighted by atomic mass is 32.1. The molecule has 0 spiro atoms. The predicted molar refractivity (Wildman–Crippen MR) is 214 cm³/mol. The van der Waals surface area contributed by atoms with Gasteiger partial charge in [-0.1, -0.05) is 97.9 Å². The number of hydrogen-bond donors (Lipinski definition) is 0. The molecule has 51 heavy (non-hydrogen) atoms. The standard InChI is InChI=1S/C44H27N5S2/c1-24-12-17-32-31(20-24)30-16-19-37-39-38-36(51-37)18-15-29-28-14-13-27(21-33(28)49(40(29)38)35-23-50-22-34(35)48(32)41(30)39)44-46-42(25-8-4-2-5-9-25)45-43(47-44)26-10-6-3-7-11-26/h2-19,21-24H,20H2,1H3. The average molecular weight is 690 g/mol. The van der Waals surface area contributed by atoms with Crippen molar-refractivity contribution in [2.75, 3.05) is 0 Å². The van der Waals surface area contributed by atoms with Gasteiger partial charge in [-0.3, -0.25) is 0 Å². The van der Waals surface area contributed by atoms with Crippen LogP contribution in [0, 0.1) is 5.92 Å². The van der Waals surface area contributed by atoms with Crippen LogP contribution < -0.4 is 0 Å². The highest BCUT2D eigenvalue weighted by Gasteiger charge is 2.26. The molecule has 6 heterocycles. The minimum absolute atomic E-state index is 0.515. The predicted octanol–water partition coefficient (Wildman–Crippen LogP) is 11.9. The summed E-state index contributed by atoms with van der Waals surface area (Å²) in [6.45, 7) is 2.33. The van der Waals surface area contributed by atoms with Gasteiger partial charge in [0, 0.05) is 69.5 Å². The highest BCUT2D eigenvalue weighted by molar-refractivity contribution is 7.26. The Morgan fingerprint density at radius 3 is 1.86 bits per heavy atom. The number of thiophene rings is 2. The molecule has 1 atom stereocenters. The molecule has 1 aliphatic carbocycles. The van der Waals surface area contributed by atoms with Crippen molar-refractivity contribution in [2.24, 2.45) is 5.92 Å². The molecule has 0 saturated carbocycles. The first-order chi connectivity index (χ1) is 25.2. The number of allylic oxidation sites excluding steroid dienone is 1. The van der Waals surface area contributed by atoms with Crippen LogP contribution in [0.25, 0.3) is 104 Å². The highest BCUT2D eigenvalue weighted by Crippen LogP contribution is 2.48. The first-order valence-electron chi connectivity index (χ1n) is 17.3. The smallest absolute Gasteiger partial charge is 0.164 e. The van der Waals surface area contributed by atoms with Crippen LogP contribution in [0.5, 0.6) is 0 Å². The Morgan fingerprint density at radius 2 is 1.18 bits per heavy atom. The zero-order valence-corrected chi connectivity index (χ0v) is 29.1. The van der Waals surface area contributed by atoms with Gasteiger partial charge in [-0.15, -0.1) is 22.7 Å². The second-order valence-electron chi connectivity index (χ2n) is 13.8. The Bertz CT molecular complexity index is 3180. The summed E-state index contributed by atoms with van der Waals surface area (Å²) >= 11 is 3.68. The topological polar surface area (TPSA) is 47.5 Å². The fourth-order valence-electron chi connectivity index (χ4n) is 8.53. The van der Waals surface area contributed by atoms with Gasteiger partial charge in [0.2, 0.25) is 0 Å². The van der Waals surface area contributed by atoms with Crippen molar-refractivity contribution < 1.29 is 0 Å². The van der Waals surface area contributed by atoms with Crippen molar-refractivity contribution in [3.8, 4) is 34.2 Å². The first-order valence-corrected chi connectivity index (χ1v) is 19.1. The van der Waals surface area contributed by atoms with Crippen molar-refractivity contribution in [1.29, 1.82) is 0 Å². The second-order valence-corrected chi connectivity index (χ2v) is 15.6. The number of fused-ring (bicyclic) bond motifs is 9. The Balaban J connectivity index is 1.23. The quantitative estimate of drug-likeness (QED) is 0.185. The summed E-state index contributed by atoms with van der Waals surface area (Å²) in [6.07, 6.45) is 5.80. The van der Waals surface area contributed by atoms with Gasteiger partial charge in [0.05, 0.1) is 27.6 Å². The molecule has 1 unspecified atom stereocenters. The number of rotatable bonds is 3. The molecule has 0 saturated heterocycles. The zero-order chi connectivity index (χ0) is 33.4. The van der Waals surface area contributed by atoms with Crippen LogP contribution in [0.3, 0.4) is 0 Å². The molecule has 7 heteroatoms. The van der Waals surface area contributed by atoms with Crippen molar-refractivity contribution in [3.63, 3.8) is 0 Å². The average Bonchev–Trinajstić information content (AvgIpc) is 3.94. The van der Waals surface area contributed by atoms with Crippen LogP contribution in [0.2, 0.25) is 0 Å². The van der Waals surface area contributed by atoms with Crippen LogP contribution in [-0.2, 0) is 6.42 Å². The molecule has 12 rings (SSSR count). The second kappa shape index (κ2) is 10.1. The normalized spacial score (nSPS) is 14.8. The third-order valence-corrected chi connectivity index (χ3v) is 12.6. The molecule has 1 aliphatic rings. The molecule has 0 N–H and O–H groups in total. The molecular weight excluding hydrogens is 663 g/mol. The summed E-state index contributed by atoms with van der Waals surface area (Å²) < 4.78 is 7.74. The van der Waals surface area contributed by atoms with E-state index in [1.54, 1.807) is 11.3 Å². The number of aromatic nitrogens is 5. The molecule has 5 nitrogen and oxygen atoms in total. The van der Waals surface area contributed by atoms with Crippen LogP contribution in [0.4, 0.5) is 0 Å². The van der Waals surface area contributed by atoms with Gasteiger partial charge in [-0.2, -0.15) is 0 Å². The molecule has 0 amide bonds. The molecule has 0 aliphatic heterocycles. The van der Waals surface area contributed by atoms with E-state index in [0.717, 1.165) is 28.6 Å². The lowest BCUT2D eigenvalue weighted by Gasteiger charge is -2.13. The van der Waals surface area contributed by atoms with E-state index in [9.17, 15) is 0 Å². The Morgan fingerprint density at radius 1 is 0.588 bits per heavy atom. The van der Waals surface area contributed by atoms with Gasteiger partial charge in [-0.25, -0.2) is 15.0 Å². The van der Waals surface area contributed by atoms with E-state index in [4.69, 9.17) is 15.0 Å². The van der Waals surface area contributed by atoms with Gasteiger partial charge in [0.25, 0.3) is 0 Å². The van der Waals surface area contributed by atoms with Gasteiger partial charge in [0.1, 0.15) is 0 Å². The lowest BCUT2D eigenvalue weighted by Crippen LogP contribution is -2.03. The molecule has 6 aromatic heterocycles. The Kier molecular flexibility index (Phi) is 5.52. The van der Waals surface area contributed by atoms with E-state index in [2.05, 4.69) is 105 Å². The van der Waals surface area contributed by atoms with Crippen LogP contribution in [-0.4, -0.2) is 23.8 Å². The van der Waals surface area contributed by atoms with Crippen molar-refractivity contribution in [2.45, 2.75) is 13.3 Å². The third kappa shape index (κ3) is 3.77. The summed E-state index contributed by atoms with van der Waals surface area (Å²) in [5.41, 5.74) is 11.9. The Labute approximate surface area is 299 Å². The molecule has 11 aromatic rings. The molecule has 0 fully saturated rings. The SMILES string of the molecule is CC1C=Cc2c(c3ccc4sc5ccc6c7ccc(-c8nc(-c9ccccc9)nc(-c9ccccc9)n8)cc7n7c8cscc8n2c3c4c5c67)C1. The van der Waals surface area contributed by atoms with Crippen LogP contribution >= 0.6 is 22.7 Å². The fraction of sp³-hybridized carbons (Fsp3) is 0.0682. The van der Waals surface area contributed by atoms with E-state index in [1.807, 2.05) is 47.7 Å². The lowest BCUT2D eigenvalue weighted by molar-refractivity contribution is 0.719. The molecular formula is C44H27N5S2. The van der Waals surface area contributed by atoms with Gasteiger partial charge in [-0.05, 0) is 42.2 Å². The maximum Gasteiger partial charge on any atom is 0.164 e. The number of hydrogen-bond acceptors (Lipinski definition) is 5. The fourth-order valence-corrected chi connectivity index (χ4v) is 10.4. The van der Waals surface area contributed by atoms with E-state index < -0.39 is 0 Å². The van der Waals surface area contributed by atoms with Gasteiger partial charge >= 0.3 is 0 Å². The molecule has 5 aromatic carbocycles. The summed E-state index contributed by atoms with van der Waals surface area (Å²) in [7, 11) is 0. The minimum atomic E-state index is 0.515. The van der Waals surface area contributed by atoms with E-state index >= 15 is 0 Å². The van der Waals surface area contributed by atoms with E-state index in [1.165, 1.54) is 69.7 Å². The van der Waals surface area contributed by atoms with Gasteiger partial charge < -0.3 is 8.80 Å². The molecule has 0 radical (unpaired) electrons.